The van der Waals surface area contributed by atoms with E-state index in [1.165, 1.54) is 16.0 Å². The Morgan fingerprint density at radius 1 is 1.24 bits per heavy atom. The van der Waals surface area contributed by atoms with Crippen LogP contribution in [0, 0.1) is 0 Å². The second kappa shape index (κ2) is 5.23. The summed E-state index contributed by atoms with van der Waals surface area (Å²) in [5.74, 6) is 0. The summed E-state index contributed by atoms with van der Waals surface area (Å²) in [5, 5.41) is 13.9. The summed E-state index contributed by atoms with van der Waals surface area (Å²) in [6, 6.07) is 5.85. The maximum atomic E-state index is 12.8. The molecule has 0 radical (unpaired) electrons. The minimum atomic E-state index is -0.169. The number of aromatic nitrogens is 6. The number of hydrogen-bond donors (Lipinski definition) is 3. The van der Waals surface area contributed by atoms with E-state index in [0.29, 0.717) is 24.3 Å². The van der Waals surface area contributed by atoms with Crippen LogP contribution in [0.5, 0.6) is 0 Å². The predicted molar refractivity (Wildman–Crippen MR) is 96.6 cm³/mol. The number of nitrogens with one attached hydrogen (secondary N) is 2. The highest BCUT2D eigenvalue weighted by Gasteiger charge is 2.15. The van der Waals surface area contributed by atoms with Gasteiger partial charge in [-0.1, -0.05) is 12.1 Å². The Bertz CT molecular complexity index is 1290. The first-order chi connectivity index (χ1) is 12.2. The second-order valence-electron chi connectivity index (χ2n) is 5.76. The van der Waals surface area contributed by atoms with Gasteiger partial charge >= 0.3 is 0 Å². The van der Waals surface area contributed by atoms with Crippen LogP contribution in [0.3, 0.4) is 0 Å². The van der Waals surface area contributed by atoms with E-state index >= 15 is 0 Å². The van der Waals surface area contributed by atoms with E-state index in [0.717, 1.165) is 31.6 Å². The van der Waals surface area contributed by atoms with Gasteiger partial charge in [-0.05, 0) is 11.6 Å². The Hall–Kier alpha value is -3.04. The molecule has 0 saturated carbocycles. The van der Waals surface area contributed by atoms with Gasteiger partial charge in [-0.3, -0.25) is 9.89 Å². The third-order valence-corrected chi connectivity index (χ3v) is 5.38. The average molecular weight is 351 g/mol. The molecule has 0 spiro atoms. The molecule has 9 heteroatoms. The van der Waals surface area contributed by atoms with E-state index in [4.69, 9.17) is 5.73 Å². The van der Waals surface area contributed by atoms with E-state index in [2.05, 4.69) is 25.3 Å². The lowest BCUT2D eigenvalue weighted by atomic mass is 10.1. The van der Waals surface area contributed by atoms with Crippen LogP contribution >= 0.6 is 11.3 Å². The molecule has 5 aromatic rings. The molecule has 0 unspecified atom stereocenters. The molecule has 8 nitrogen and oxygen atoms in total. The van der Waals surface area contributed by atoms with Crippen molar-refractivity contribution >= 4 is 43.5 Å². The van der Waals surface area contributed by atoms with Crippen LogP contribution in [-0.4, -0.2) is 29.9 Å². The Kier molecular flexibility index (Phi) is 2.99. The van der Waals surface area contributed by atoms with E-state index in [-0.39, 0.29) is 5.56 Å². The molecule has 25 heavy (non-hydrogen) atoms. The first-order valence-corrected chi connectivity index (χ1v) is 8.54. The van der Waals surface area contributed by atoms with Crippen molar-refractivity contribution in [2.24, 2.45) is 5.73 Å². The predicted octanol–water partition coefficient (Wildman–Crippen LogP) is 1.72. The molecule has 1 aromatic carbocycles. The summed E-state index contributed by atoms with van der Waals surface area (Å²) in [6.07, 6.45) is 3.47. The molecule has 0 aliphatic rings. The highest BCUT2D eigenvalue weighted by atomic mass is 32.1. The first kappa shape index (κ1) is 14.3. The van der Waals surface area contributed by atoms with Crippen molar-refractivity contribution in [3.63, 3.8) is 0 Å². The van der Waals surface area contributed by atoms with Crippen molar-refractivity contribution in [3.05, 3.63) is 51.5 Å². The van der Waals surface area contributed by atoms with Gasteiger partial charge in [0.1, 0.15) is 16.2 Å². The average Bonchev–Trinajstić information content (AvgIpc) is 3.31. The summed E-state index contributed by atoms with van der Waals surface area (Å²) in [7, 11) is 0. The quantitative estimate of drug-likeness (QED) is 0.457. The molecule has 0 aliphatic carbocycles. The standard InChI is InChI=1S/C16H13N7OS/c17-4-12-20-15-14(25-12)10-6-19-23(16(24)13(10)21-15)7-8-2-1-3-11-9(8)5-18-22-11/h1-3,5-6,21H,4,7,17H2,(H,18,22). The molecular formula is C16H13N7OS. The summed E-state index contributed by atoms with van der Waals surface area (Å²) in [5.41, 5.74) is 8.60. The van der Waals surface area contributed by atoms with E-state index in [9.17, 15) is 4.79 Å². The van der Waals surface area contributed by atoms with Crippen LogP contribution in [-0.2, 0) is 13.1 Å². The summed E-state index contributed by atoms with van der Waals surface area (Å²) in [6.45, 7) is 0.758. The number of nitrogens with zero attached hydrogens (tertiary/aromatic N) is 4. The van der Waals surface area contributed by atoms with E-state index in [1.807, 2.05) is 18.2 Å². The highest BCUT2D eigenvalue weighted by Crippen LogP contribution is 2.28. The molecule has 0 amide bonds. The lowest BCUT2D eigenvalue weighted by molar-refractivity contribution is 0.649. The number of thiazole rings is 1. The molecule has 124 valence electrons. The van der Waals surface area contributed by atoms with Crippen LogP contribution < -0.4 is 11.3 Å². The molecule has 4 N–H and O–H groups in total. The van der Waals surface area contributed by atoms with E-state index in [1.54, 1.807) is 12.4 Å². The summed E-state index contributed by atoms with van der Waals surface area (Å²) in [4.78, 5) is 20.3. The summed E-state index contributed by atoms with van der Waals surface area (Å²) < 4.78 is 2.37. The third kappa shape index (κ3) is 2.10. The molecule has 4 heterocycles. The molecule has 0 atom stereocenters. The minimum Gasteiger partial charge on any atom is -0.334 e. The van der Waals surface area contributed by atoms with Gasteiger partial charge in [0.15, 0.2) is 0 Å². The normalized spacial score (nSPS) is 11.9. The number of benzene rings is 1. The smallest absolute Gasteiger partial charge is 0.291 e. The number of rotatable bonds is 3. The minimum absolute atomic E-state index is 0.169. The zero-order chi connectivity index (χ0) is 17.0. The van der Waals surface area contributed by atoms with Crippen LogP contribution in [0.25, 0.3) is 32.2 Å². The Labute approximate surface area is 144 Å². The zero-order valence-electron chi connectivity index (χ0n) is 13.0. The van der Waals surface area contributed by atoms with Gasteiger partial charge in [0.2, 0.25) is 0 Å². The lowest BCUT2D eigenvalue weighted by Gasteiger charge is -2.05. The molecule has 0 fully saturated rings. The van der Waals surface area contributed by atoms with Gasteiger partial charge in [-0.2, -0.15) is 10.2 Å². The fraction of sp³-hybridized carbons (Fsp3) is 0.125. The number of nitrogens with two attached hydrogens (primary N) is 1. The highest BCUT2D eigenvalue weighted by molar-refractivity contribution is 7.19. The van der Waals surface area contributed by atoms with Gasteiger partial charge in [0.05, 0.1) is 29.2 Å². The molecule has 0 bridgehead atoms. The summed E-state index contributed by atoms with van der Waals surface area (Å²) >= 11 is 1.49. The molecule has 5 rings (SSSR count). The monoisotopic (exact) mass is 351 g/mol. The van der Waals surface area contributed by atoms with Gasteiger partial charge in [0, 0.05) is 17.3 Å². The molecule has 4 aromatic heterocycles. The number of hydrogen-bond acceptors (Lipinski definition) is 6. The first-order valence-electron chi connectivity index (χ1n) is 7.73. The van der Waals surface area contributed by atoms with Crippen molar-refractivity contribution in [1.29, 1.82) is 0 Å². The Morgan fingerprint density at radius 2 is 2.16 bits per heavy atom. The SMILES string of the molecule is NCc1nc2[nH]c3c(=O)n(Cc4cccc5[nH]ncc45)ncc3c2s1. The van der Waals surface area contributed by atoms with Crippen molar-refractivity contribution in [3.8, 4) is 0 Å². The van der Waals surface area contributed by atoms with Gasteiger partial charge in [0.25, 0.3) is 5.56 Å². The number of fused-ring (bicyclic) bond motifs is 4. The fourth-order valence-corrected chi connectivity index (χ4v) is 3.97. The van der Waals surface area contributed by atoms with Crippen molar-refractivity contribution in [2.45, 2.75) is 13.1 Å². The third-order valence-electron chi connectivity index (χ3n) is 4.27. The van der Waals surface area contributed by atoms with Crippen LogP contribution in [0.1, 0.15) is 10.6 Å². The van der Waals surface area contributed by atoms with Crippen molar-refractivity contribution < 1.29 is 0 Å². The fourth-order valence-electron chi connectivity index (χ4n) is 3.06. The second-order valence-corrected chi connectivity index (χ2v) is 6.84. The molecule has 0 saturated heterocycles. The van der Waals surface area contributed by atoms with Gasteiger partial charge in [-0.25, -0.2) is 9.67 Å². The zero-order valence-corrected chi connectivity index (χ0v) is 13.8. The lowest BCUT2D eigenvalue weighted by Crippen LogP contribution is -2.23. The van der Waals surface area contributed by atoms with Gasteiger partial charge in [-0.15, -0.1) is 11.3 Å². The Morgan fingerprint density at radius 3 is 3.04 bits per heavy atom. The number of aromatic amines is 2. The maximum absolute atomic E-state index is 12.8. The van der Waals surface area contributed by atoms with Crippen LogP contribution in [0.2, 0.25) is 0 Å². The molecular weight excluding hydrogens is 338 g/mol. The van der Waals surface area contributed by atoms with Gasteiger partial charge < -0.3 is 10.7 Å². The van der Waals surface area contributed by atoms with Crippen molar-refractivity contribution in [1.82, 2.24) is 29.9 Å². The van der Waals surface area contributed by atoms with Crippen LogP contribution in [0.15, 0.2) is 35.4 Å². The maximum Gasteiger partial charge on any atom is 0.291 e. The largest absolute Gasteiger partial charge is 0.334 e. The Balaban J connectivity index is 1.65. The number of H-pyrrole nitrogens is 2. The topological polar surface area (TPSA) is 118 Å². The van der Waals surface area contributed by atoms with Crippen LogP contribution in [0.4, 0.5) is 0 Å². The van der Waals surface area contributed by atoms with Crippen molar-refractivity contribution in [2.75, 3.05) is 0 Å². The molecule has 0 aliphatic heterocycles. The van der Waals surface area contributed by atoms with E-state index < -0.39 is 0 Å².